The highest BCUT2D eigenvalue weighted by Gasteiger charge is 2.23. The van der Waals surface area contributed by atoms with Gasteiger partial charge in [-0.15, -0.1) is 0 Å². The van der Waals surface area contributed by atoms with Crippen LogP contribution in [0.3, 0.4) is 0 Å². The third-order valence-electron chi connectivity index (χ3n) is 4.77. The molecule has 12 heteroatoms. The smallest absolute Gasteiger partial charge is 0.318 e. The Morgan fingerprint density at radius 2 is 1.89 bits per heavy atom. The molecule has 0 aliphatic carbocycles. The molecule has 0 aliphatic heterocycles. The second kappa shape index (κ2) is 9.50. The zero-order valence-electron chi connectivity index (χ0n) is 17.8. The Morgan fingerprint density at radius 3 is 2.54 bits per heavy atom. The number of fused-ring (bicyclic) bond motifs is 1. The second-order valence-electron chi connectivity index (χ2n) is 6.96. The normalized spacial score (nSPS) is 11.2. The van der Waals surface area contributed by atoms with E-state index in [2.05, 4.69) is 4.98 Å². The maximum Gasteiger partial charge on any atom is 0.318 e. The summed E-state index contributed by atoms with van der Waals surface area (Å²) in [6.07, 6.45) is 1.48. The Morgan fingerprint density at radius 1 is 1.11 bits per heavy atom. The number of hydrogen-bond donors (Lipinski definition) is 0. The van der Waals surface area contributed by atoms with Crippen molar-refractivity contribution in [2.75, 3.05) is 7.11 Å². The van der Waals surface area contributed by atoms with Crippen LogP contribution in [-0.4, -0.2) is 21.9 Å². The summed E-state index contributed by atoms with van der Waals surface area (Å²) >= 11 is 6.38. The summed E-state index contributed by atoms with van der Waals surface area (Å²) in [6, 6.07) is 15.0. The van der Waals surface area contributed by atoms with E-state index in [1.165, 1.54) is 25.3 Å². The standard InChI is InChI=1S/C23H13ClN4O7/c1-33-21-10-13(8-14(12-25)23-26-17-4-2-3-5-19(17)35-23)9-16(24)22(21)34-20-7-6-15(27(29)30)11-18(20)28(31)32/h2-11H,1H3/b14-8+. The van der Waals surface area contributed by atoms with Crippen molar-refractivity contribution >= 4 is 45.7 Å². The lowest BCUT2D eigenvalue weighted by Crippen LogP contribution is -1.98. The van der Waals surface area contributed by atoms with Crippen molar-refractivity contribution in [3.63, 3.8) is 0 Å². The van der Waals surface area contributed by atoms with Crippen LogP contribution in [0.25, 0.3) is 22.7 Å². The van der Waals surface area contributed by atoms with E-state index in [0.717, 1.165) is 18.2 Å². The average Bonchev–Trinajstić information content (AvgIpc) is 3.27. The number of non-ortho nitro benzene ring substituents is 1. The van der Waals surface area contributed by atoms with Gasteiger partial charge in [-0.1, -0.05) is 23.7 Å². The van der Waals surface area contributed by atoms with Gasteiger partial charge >= 0.3 is 5.69 Å². The van der Waals surface area contributed by atoms with E-state index in [4.69, 9.17) is 25.5 Å². The van der Waals surface area contributed by atoms with Gasteiger partial charge < -0.3 is 13.9 Å². The van der Waals surface area contributed by atoms with Gasteiger partial charge in [0.1, 0.15) is 17.2 Å². The lowest BCUT2D eigenvalue weighted by molar-refractivity contribution is -0.394. The number of rotatable bonds is 7. The zero-order valence-corrected chi connectivity index (χ0v) is 18.6. The number of halogens is 1. The summed E-state index contributed by atoms with van der Waals surface area (Å²) < 4.78 is 16.6. The van der Waals surface area contributed by atoms with Crippen LogP contribution in [0.4, 0.5) is 11.4 Å². The van der Waals surface area contributed by atoms with Crippen LogP contribution in [0, 0.1) is 31.6 Å². The van der Waals surface area contributed by atoms with Crippen molar-refractivity contribution < 1.29 is 23.7 Å². The fraction of sp³-hybridized carbons (Fsp3) is 0.0435. The van der Waals surface area contributed by atoms with Crippen LogP contribution in [0.1, 0.15) is 11.5 Å². The fourth-order valence-corrected chi connectivity index (χ4v) is 3.43. The van der Waals surface area contributed by atoms with Crippen LogP contribution in [0.5, 0.6) is 17.2 Å². The SMILES string of the molecule is COc1cc(/C=C(\C#N)c2nc3ccccc3o2)cc(Cl)c1Oc1ccc([N+](=O)[O-])cc1[N+](=O)[O-]. The number of ether oxygens (including phenoxy) is 2. The number of para-hydroxylation sites is 2. The minimum atomic E-state index is -0.806. The number of benzene rings is 3. The summed E-state index contributed by atoms with van der Waals surface area (Å²) in [5.41, 5.74) is 0.588. The van der Waals surface area contributed by atoms with E-state index >= 15 is 0 Å². The Kier molecular flexibility index (Phi) is 6.30. The number of allylic oxidation sites excluding steroid dienone is 1. The van der Waals surface area contributed by atoms with Gasteiger partial charge in [0.25, 0.3) is 5.69 Å². The van der Waals surface area contributed by atoms with E-state index in [-0.39, 0.29) is 33.7 Å². The molecule has 174 valence electrons. The van der Waals surface area contributed by atoms with Crippen molar-refractivity contribution in [3.8, 4) is 23.3 Å². The molecule has 0 aliphatic rings. The van der Waals surface area contributed by atoms with Crippen LogP contribution in [0.15, 0.2) is 59.0 Å². The van der Waals surface area contributed by atoms with Crippen LogP contribution in [-0.2, 0) is 0 Å². The second-order valence-corrected chi connectivity index (χ2v) is 7.37. The van der Waals surface area contributed by atoms with E-state index in [9.17, 15) is 25.5 Å². The molecule has 0 saturated heterocycles. The molecule has 3 aromatic carbocycles. The van der Waals surface area contributed by atoms with Gasteiger partial charge in [-0.2, -0.15) is 5.26 Å². The first-order valence-electron chi connectivity index (χ1n) is 9.76. The molecule has 0 unspecified atom stereocenters. The number of nitrogens with zero attached hydrogens (tertiary/aromatic N) is 4. The van der Waals surface area contributed by atoms with Crippen molar-refractivity contribution in [2.24, 2.45) is 0 Å². The van der Waals surface area contributed by atoms with Gasteiger partial charge in [0.15, 0.2) is 17.1 Å². The zero-order chi connectivity index (χ0) is 25.1. The Labute approximate surface area is 201 Å². The number of nitriles is 1. The number of hydrogen-bond acceptors (Lipinski definition) is 9. The molecule has 35 heavy (non-hydrogen) atoms. The lowest BCUT2D eigenvalue weighted by atomic mass is 10.1. The molecule has 0 bridgehead atoms. The van der Waals surface area contributed by atoms with Gasteiger partial charge in [0, 0.05) is 6.07 Å². The van der Waals surface area contributed by atoms with E-state index in [1.807, 2.05) is 6.07 Å². The quantitative estimate of drug-likeness (QED) is 0.167. The molecule has 0 fully saturated rings. The fourth-order valence-electron chi connectivity index (χ4n) is 3.18. The highest BCUT2D eigenvalue weighted by atomic mass is 35.5. The third kappa shape index (κ3) is 4.73. The third-order valence-corrected chi connectivity index (χ3v) is 5.05. The highest BCUT2D eigenvalue weighted by molar-refractivity contribution is 6.32. The van der Waals surface area contributed by atoms with Crippen LogP contribution < -0.4 is 9.47 Å². The molecular formula is C23H13ClN4O7. The monoisotopic (exact) mass is 492 g/mol. The topological polar surface area (TPSA) is 155 Å². The van der Waals surface area contributed by atoms with Crippen molar-refractivity contribution in [1.29, 1.82) is 5.26 Å². The Balaban J connectivity index is 1.73. The van der Waals surface area contributed by atoms with Crippen molar-refractivity contribution in [3.05, 3.63) is 91.3 Å². The predicted molar refractivity (Wildman–Crippen MR) is 125 cm³/mol. The van der Waals surface area contributed by atoms with Crippen LogP contribution >= 0.6 is 11.6 Å². The van der Waals surface area contributed by atoms with E-state index in [0.29, 0.717) is 16.7 Å². The van der Waals surface area contributed by atoms with Gasteiger partial charge in [0.05, 0.1) is 28.0 Å². The molecular weight excluding hydrogens is 480 g/mol. The van der Waals surface area contributed by atoms with Crippen LogP contribution in [0.2, 0.25) is 5.02 Å². The highest BCUT2D eigenvalue weighted by Crippen LogP contribution is 2.43. The maximum absolute atomic E-state index is 11.4. The number of methoxy groups -OCH3 is 1. The summed E-state index contributed by atoms with van der Waals surface area (Å²) in [5, 5.41) is 32.0. The number of nitro groups is 2. The minimum absolute atomic E-state index is 0.0121. The Bertz CT molecular complexity index is 1520. The van der Waals surface area contributed by atoms with Gasteiger partial charge in [-0.05, 0) is 42.0 Å². The molecule has 11 nitrogen and oxygen atoms in total. The lowest BCUT2D eigenvalue weighted by Gasteiger charge is -2.13. The van der Waals surface area contributed by atoms with E-state index < -0.39 is 21.2 Å². The van der Waals surface area contributed by atoms with E-state index in [1.54, 1.807) is 24.3 Å². The largest absolute Gasteiger partial charge is 0.493 e. The molecule has 0 atom stereocenters. The molecule has 4 aromatic rings. The first-order chi connectivity index (χ1) is 16.8. The molecule has 0 radical (unpaired) electrons. The Hall–Kier alpha value is -4.95. The van der Waals surface area contributed by atoms with Gasteiger partial charge in [0.2, 0.25) is 11.6 Å². The number of aromatic nitrogens is 1. The molecule has 4 rings (SSSR count). The summed E-state index contributed by atoms with van der Waals surface area (Å²) in [7, 11) is 1.34. The number of nitro benzene ring substituents is 2. The molecule has 1 heterocycles. The number of oxazole rings is 1. The molecule has 0 saturated carbocycles. The summed E-state index contributed by atoms with van der Waals surface area (Å²) in [4.78, 5) is 25.1. The molecule has 0 N–H and O–H groups in total. The summed E-state index contributed by atoms with van der Waals surface area (Å²) in [5.74, 6) is -0.103. The summed E-state index contributed by atoms with van der Waals surface area (Å²) in [6.45, 7) is 0. The predicted octanol–water partition coefficient (Wildman–Crippen LogP) is 6.16. The molecule has 0 amide bonds. The first kappa shape index (κ1) is 23.2. The van der Waals surface area contributed by atoms with Crippen molar-refractivity contribution in [1.82, 2.24) is 4.98 Å². The molecule has 1 aromatic heterocycles. The van der Waals surface area contributed by atoms with Gasteiger partial charge in [-0.3, -0.25) is 20.2 Å². The maximum atomic E-state index is 11.4. The van der Waals surface area contributed by atoms with Gasteiger partial charge in [-0.25, -0.2) is 4.98 Å². The molecule has 0 spiro atoms. The minimum Gasteiger partial charge on any atom is -0.493 e. The average molecular weight is 493 g/mol. The first-order valence-corrected chi connectivity index (χ1v) is 10.1. The van der Waals surface area contributed by atoms with Crippen molar-refractivity contribution in [2.45, 2.75) is 0 Å².